The Bertz CT molecular complexity index is 1480. The molecule has 35 heavy (non-hydrogen) atoms. The highest BCUT2D eigenvalue weighted by molar-refractivity contribution is 14.1. The number of carbonyl (C=O) groups is 1. The molecule has 0 amide bonds. The highest BCUT2D eigenvalue weighted by atomic mass is 127. The van der Waals surface area contributed by atoms with Crippen LogP contribution < -0.4 is 24.4 Å². The van der Waals surface area contributed by atoms with Crippen LogP contribution >= 0.6 is 56.5 Å². The van der Waals surface area contributed by atoms with Crippen molar-refractivity contribution in [3.8, 4) is 11.5 Å². The number of fused-ring (bicyclic) bond motifs is 1. The van der Waals surface area contributed by atoms with Crippen LogP contribution in [0, 0.1) is 7.14 Å². The standard InChI is InChI=1S/C25H22I2N2O5S/c1-5-34-24(31)20-13(2)28-25-29(21(20)15-6-8-16(32-3)9-7-15)23(30)19(35-25)12-14-10-17(26)22(33-4)18(27)11-14/h6-12,21H,5H2,1-4H3/b19-12+. The minimum Gasteiger partial charge on any atom is -0.497 e. The Morgan fingerprint density at radius 3 is 2.37 bits per heavy atom. The quantitative estimate of drug-likeness (QED) is 0.285. The number of halogens is 2. The number of esters is 1. The summed E-state index contributed by atoms with van der Waals surface area (Å²) in [5.41, 5.74) is 2.32. The van der Waals surface area contributed by atoms with E-state index >= 15 is 0 Å². The summed E-state index contributed by atoms with van der Waals surface area (Å²) in [5, 5.41) is 0. The van der Waals surface area contributed by atoms with Gasteiger partial charge in [0, 0.05) is 0 Å². The molecular formula is C25H22I2N2O5S. The van der Waals surface area contributed by atoms with Gasteiger partial charge >= 0.3 is 5.97 Å². The number of carbonyl (C=O) groups excluding carboxylic acids is 1. The third kappa shape index (κ3) is 5.05. The van der Waals surface area contributed by atoms with E-state index in [-0.39, 0.29) is 12.2 Å². The van der Waals surface area contributed by atoms with E-state index in [1.807, 2.05) is 42.5 Å². The molecule has 0 aliphatic carbocycles. The topological polar surface area (TPSA) is 79.1 Å². The average Bonchev–Trinajstić information content (AvgIpc) is 3.12. The minimum absolute atomic E-state index is 0.218. The highest BCUT2D eigenvalue weighted by Crippen LogP contribution is 2.32. The fourth-order valence-electron chi connectivity index (χ4n) is 3.90. The maximum atomic E-state index is 13.7. The summed E-state index contributed by atoms with van der Waals surface area (Å²) in [6, 6.07) is 10.6. The van der Waals surface area contributed by atoms with Crippen molar-refractivity contribution in [1.29, 1.82) is 0 Å². The molecule has 0 N–H and O–H groups in total. The molecule has 1 atom stereocenters. The molecule has 2 aromatic carbocycles. The second-order valence-electron chi connectivity index (χ2n) is 7.59. The van der Waals surface area contributed by atoms with Gasteiger partial charge in [0.2, 0.25) is 0 Å². The predicted octanol–water partition coefficient (Wildman–Crippen LogP) is 4.02. The first-order chi connectivity index (χ1) is 16.8. The molecule has 0 spiro atoms. The first-order valence-electron chi connectivity index (χ1n) is 10.7. The molecular weight excluding hydrogens is 694 g/mol. The summed E-state index contributed by atoms with van der Waals surface area (Å²) < 4.78 is 20.1. The molecule has 2 heterocycles. The molecule has 7 nitrogen and oxygen atoms in total. The molecule has 0 saturated heterocycles. The van der Waals surface area contributed by atoms with Gasteiger partial charge in [-0.2, -0.15) is 0 Å². The van der Waals surface area contributed by atoms with Crippen molar-refractivity contribution in [2.75, 3.05) is 20.8 Å². The first-order valence-corrected chi connectivity index (χ1v) is 13.6. The fraction of sp³-hybridized carbons (Fsp3) is 0.240. The van der Waals surface area contributed by atoms with E-state index < -0.39 is 12.0 Å². The van der Waals surface area contributed by atoms with Crippen LogP contribution in [0.2, 0.25) is 0 Å². The van der Waals surface area contributed by atoms with E-state index in [2.05, 4.69) is 50.2 Å². The van der Waals surface area contributed by atoms with Crippen LogP contribution in [0.5, 0.6) is 11.5 Å². The fourth-order valence-corrected chi connectivity index (χ4v) is 7.21. The van der Waals surface area contributed by atoms with Gasteiger partial charge < -0.3 is 14.2 Å². The molecule has 0 radical (unpaired) electrons. The SMILES string of the molecule is CCOC(=O)C1=C(C)N=c2s/c(=C/c3cc(I)c(OC)c(I)c3)c(=O)n2C1c1ccc(OC)cc1. The smallest absolute Gasteiger partial charge is 0.338 e. The second-order valence-corrected chi connectivity index (χ2v) is 10.9. The number of methoxy groups -OCH3 is 2. The van der Waals surface area contributed by atoms with E-state index in [1.165, 1.54) is 11.3 Å². The van der Waals surface area contributed by atoms with Gasteiger partial charge in [-0.1, -0.05) is 23.5 Å². The maximum absolute atomic E-state index is 13.7. The van der Waals surface area contributed by atoms with Crippen LogP contribution in [0.1, 0.15) is 31.0 Å². The number of thiazole rings is 1. The van der Waals surface area contributed by atoms with Gasteiger partial charge in [0.15, 0.2) is 4.80 Å². The van der Waals surface area contributed by atoms with Crippen LogP contribution in [0.3, 0.4) is 0 Å². The van der Waals surface area contributed by atoms with Crippen molar-refractivity contribution < 1.29 is 19.0 Å². The molecule has 1 aliphatic rings. The van der Waals surface area contributed by atoms with Crippen molar-refractivity contribution in [1.82, 2.24) is 4.57 Å². The van der Waals surface area contributed by atoms with Crippen LogP contribution in [0.25, 0.3) is 6.08 Å². The number of nitrogens with zero attached hydrogens (tertiary/aromatic N) is 2. The third-order valence-electron chi connectivity index (χ3n) is 5.47. The number of benzene rings is 2. The Morgan fingerprint density at radius 2 is 1.80 bits per heavy atom. The second kappa shape index (κ2) is 10.8. The van der Waals surface area contributed by atoms with E-state index in [1.54, 1.807) is 32.6 Å². The molecule has 0 saturated carbocycles. The first kappa shape index (κ1) is 25.9. The van der Waals surface area contributed by atoms with Gasteiger partial charge in [0.05, 0.1) is 49.8 Å². The molecule has 1 aliphatic heterocycles. The van der Waals surface area contributed by atoms with Crippen molar-refractivity contribution in [3.05, 3.63) is 85.6 Å². The van der Waals surface area contributed by atoms with Crippen molar-refractivity contribution in [2.24, 2.45) is 4.99 Å². The van der Waals surface area contributed by atoms with Gasteiger partial charge in [-0.25, -0.2) is 9.79 Å². The largest absolute Gasteiger partial charge is 0.497 e. The Balaban J connectivity index is 1.93. The highest BCUT2D eigenvalue weighted by Gasteiger charge is 2.33. The Morgan fingerprint density at radius 1 is 1.14 bits per heavy atom. The summed E-state index contributed by atoms with van der Waals surface area (Å²) in [6.45, 7) is 3.75. The molecule has 4 rings (SSSR count). The van der Waals surface area contributed by atoms with E-state index in [0.717, 1.165) is 24.0 Å². The summed E-state index contributed by atoms with van der Waals surface area (Å²) in [6.07, 6.45) is 1.85. The Kier molecular flexibility index (Phi) is 8.01. The molecule has 0 bridgehead atoms. The van der Waals surface area contributed by atoms with Crippen LogP contribution in [0.4, 0.5) is 0 Å². The van der Waals surface area contributed by atoms with Gasteiger partial charge in [0.1, 0.15) is 11.5 Å². The van der Waals surface area contributed by atoms with Crippen molar-refractivity contribution in [2.45, 2.75) is 19.9 Å². The Hall–Kier alpha value is -2.19. The van der Waals surface area contributed by atoms with E-state index in [0.29, 0.717) is 26.4 Å². The molecule has 0 fully saturated rings. The summed E-state index contributed by atoms with van der Waals surface area (Å²) in [4.78, 5) is 31.8. The van der Waals surface area contributed by atoms with E-state index in [4.69, 9.17) is 14.2 Å². The average molecular weight is 716 g/mol. The predicted molar refractivity (Wildman–Crippen MR) is 152 cm³/mol. The van der Waals surface area contributed by atoms with Gasteiger partial charge in [-0.05, 0) is 100 Å². The lowest BCUT2D eigenvalue weighted by Gasteiger charge is -2.24. The van der Waals surface area contributed by atoms with Crippen molar-refractivity contribution >= 4 is 68.6 Å². The number of hydrogen-bond donors (Lipinski definition) is 0. The zero-order valence-electron chi connectivity index (χ0n) is 19.4. The minimum atomic E-state index is -0.658. The van der Waals surface area contributed by atoms with Gasteiger partial charge in [-0.15, -0.1) is 0 Å². The maximum Gasteiger partial charge on any atom is 0.338 e. The Labute approximate surface area is 233 Å². The normalized spacial score (nSPS) is 15.5. The lowest BCUT2D eigenvalue weighted by Crippen LogP contribution is -2.39. The van der Waals surface area contributed by atoms with Gasteiger partial charge in [-0.3, -0.25) is 9.36 Å². The molecule has 1 aromatic heterocycles. The van der Waals surface area contributed by atoms with Gasteiger partial charge in [0.25, 0.3) is 5.56 Å². The zero-order chi connectivity index (χ0) is 25.3. The number of allylic oxidation sites excluding steroid dienone is 1. The summed E-state index contributed by atoms with van der Waals surface area (Å²) >= 11 is 5.74. The molecule has 1 unspecified atom stereocenters. The zero-order valence-corrected chi connectivity index (χ0v) is 24.6. The molecule has 10 heteroatoms. The monoisotopic (exact) mass is 716 g/mol. The molecule has 182 valence electrons. The van der Waals surface area contributed by atoms with Crippen LogP contribution in [-0.2, 0) is 9.53 Å². The lowest BCUT2D eigenvalue weighted by atomic mass is 9.96. The third-order valence-corrected chi connectivity index (χ3v) is 8.06. The molecule has 3 aromatic rings. The summed E-state index contributed by atoms with van der Waals surface area (Å²) in [5.74, 6) is 1.00. The number of aromatic nitrogens is 1. The summed E-state index contributed by atoms with van der Waals surface area (Å²) in [7, 11) is 3.23. The number of rotatable bonds is 6. The van der Waals surface area contributed by atoms with Crippen LogP contribution in [-0.4, -0.2) is 31.4 Å². The van der Waals surface area contributed by atoms with E-state index in [9.17, 15) is 9.59 Å². The number of hydrogen-bond acceptors (Lipinski definition) is 7. The van der Waals surface area contributed by atoms with Crippen LogP contribution in [0.15, 0.2) is 57.5 Å². The lowest BCUT2D eigenvalue weighted by molar-refractivity contribution is -0.139. The van der Waals surface area contributed by atoms with Crippen molar-refractivity contribution in [3.63, 3.8) is 0 Å². The number of ether oxygens (including phenoxy) is 3.